The Morgan fingerprint density at radius 1 is 0.625 bits per heavy atom. The summed E-state index contributed by atoms with van der Waals surface area (Å²) < 4.78 is 32.5. The fraction of sp³-hybridized carbons (Fsp3) is 0.861. The van der Waals surface area contributed by atoms with Gasteiger partial charge in [0.1, 0.15) is 12.6 Å². The minimum Gasteiger partial charge on any atom is -0.480 e. The number of ether oxygens (including phenoxy) is 2. The van der Waals surface area contributed by atoms with Crippen molar-refractivity contribution in [2.75, 3.05) is 19.8 Å². The molecule has 0 aromatic rings. The summed E-state index contributed by atoms with van der Waals surface area (Å²) in [5.74, 6) is -2.39. The summed E-state index contributed by atoms with van der Waals surface area (Å²) in [7, 11) is -4.70. The van der Waals surface area contributed by atoms with Gasteiger partial charge in [0.15, 0.2) is 6.10 Å². The number of carbonyl (C=O) groups excluding carboxylic acids is 2. The Labute approximate surface area is 290 Å². The summed E-state index contributed by atoms with van der Waals surface area (Å²) in [4.78, 5) is 45.6. The Hall–Kier alpha value is -1.78. The summed E-state index contributed by atoms with van der Waals surface area (Å²) in [6.07, 6.45) is 28.5. The topological polar surface area (TPSA) is 172 Å². The number of hydrogen-bond acceptors (Lipinski definition) is 9. The smallest absolute Gasteiger partial charge is 0.472 e. The van der Waals surface area contributed by atoms with Crippen LogP contribution in [0.2, 0.25) is 0 Å². The van der Waals surface area contributed by atoms with E-state index in [1.54, 1.807) is 0 Å². The molecule has 0 spiro atoms. The highest BCUT2D eigenvalue weighted by atomic mass is 31.2. The number of carboxylic acids is 1. The van der Waals surface area contributed by atoms with Crippen molar-refractivity contribution in [3.05, 3.63) is 12.2 Å². The quantitative estimate of drug-likeness (QED) is 0.0249. The number of nitrogens with two attached hydrogens (primary N) is 1. The van der Waals surface area contributed by atoms with Crippen LogP contribution in [-0.2, 0) is 37.5 Å². The fourth-order valence-electron chi connectivity index (χ4n) is 5.00. The molecule has 12 heteroatoms. The van der Waals surface area contributed by atoms with Crippen LogP contribution in [0.25, 0.3) is 0 Å². The number of phosphoric ester groups is 1. The molecular weight excluding hydrogens is 637 g/mol. The van der Waals surface area contributed by atoms with Gasteiger partial charge in [-0.1, -0.05) is 129 Å². The maximum absolute atomic E-state index is 12.5. The second kappa shape index (κ2) is 32.4. The lowest BCUT2D eigenvalue weighted by molar-refractivity contribution is -0.161. The first-order valence-electron chi connectivity index (χ1n) is 18.7. The molecule has 4 N–H and O–H groups in total. The summed E-state index contributed by atoms with van der Waals surface area (Å²) in [5.41, 5.74) is 5.31. The molecule has 11 nitrogen and oxygen atoms in total. The zero-order valence-electron chi connectivity index (χ0n) is 30.1. The van der Waals surface area contributed by atoms with Crippen molar-refractivity contribution in [1.82, 2.24) is 0 Å². The number of hydrogen-bond donors (Lipinski definition) is 3. The SMILES string of the molecule is CCCCC/C=C/CCCCCCCC(=O)O[C@H](COC(=O)CCCCCCCCCCCCCC)COP(=O)(O)OC[C@H](N)C(=O)O. The molecule has 0 fully saturated rings. The minimum absolute atomic E-state index is 0.154. The molecule has 282 valence electrons. The van der Waals surface area contributed by atoms with Gasteiger partial charge >= 0.3 is 25.7 Å². The van der Waals surface area contributed by atoms with E-state index in [1.807, 2.05) is 0 Å². The molecule has 3 atom stereocenters. The van der Waals surface area contributed by atoms with Crippen LogP contribution >= 0.6 is 7.82 Å². The van der Waals surface area contributed by atoms with E-state index in [2.05, 4.69) is 30.5 Å². The van der Waals surface area contributed by atoms with Gasteiger partial charge in [0.2, 0.25) is 0 Å². The standard InChI is InChI=1S/C36H68NO10P/c1-3-5-7-9-11-13-15-17-19-21-23-25-27-34(38)44-29-32(30-45-48(42,43)46-31-33(37)36(40)41)47-35(39)28-26-24-22-20-18-16-14-12-10-8-6-4-2/h12,14,32-33H,3-11,13,15-31,37H2,1-2H3,(H,40,41)(H,42,43)/b14-12+/t32-,33+/m1/s1. The van der Waals surface area contributed by atoms with Gasteiger partial charge < -0.3 is 25.2 Å². The van der Waals surface area contributed by atoms with Crippen LogP contribution in [0.1, 0.15) is 168 Å². The second-order valence-electron chi connectivity index (χ2n) is 12.7. The molecule has 1 unspecified atom stereocenters. The Balaban J connectivity index is 4.46. The van der Waals surface area contributed by atoms with Gasteiger partial charge in [-0.25, -0.2) is 4.57 Å². The van der Waals surface area contributed by atoms with Gasteiger partial charge in [0, 0.05) is 12.8 Å². The summed E-state index contributed by atoms with van der Waals surface area (Å²) in [6.45, 7) is 2.75. The van der Waals surface area contributed by atoms with Crippen LogP contribution in [0, 0.1) is 0 Å². The highest BCUT2D eigenvalue weighted by Crippen LogP contribution is 2.43. The van der Waals surface area contributed by atoms with Crippen molar-refractivity contribution in [2.45, 2.75) is 180 Å². The van der Waals surface area contributed by atoms with Crippen LogP contribution in [0.4, 0.5) is 0 Å². The zero-order chi connectivity index (χ0) is 35.7. The molecule has 0 bridgehead atoms. The van der Waals surface area contributed by atoms with Gasteiger partial charge in [-0.05, 0) is 38.5 Å². The van der Waals surface area contributed by atoms with Gasteiger partial charge in [-0.15, -0.1) is 0 Å². The Morgan fingerprint density at radius 3 is 1.56 bits per heavy atom. The molecule has 0 aliphatic rings. The lowest BCUT2D eigenvalue weighted by atomic mass is 10.0. The fourth-order valence-corrected chi connectivity index (χ4v) is 5.78. The van der Waals surface area contributed by atoms with Crippen molar-refractivity contribution < 1.29 is 47.5 Å². The van der Waals surface area contributed by atoms with E-state index in [-0.39, 0.29) is 19.4 Å². The van der Waals surface area contributed by atoms with Gasteiger partial charge in [-0.2, -0.15) is 0 Å². The van der Waals surface area contributed by atoms with Gasteiger partial charge in [-0.3, -0.25) is 23.4 Å². The molecule has 0 aromatic heterocycles. The number of unbranched alkanes of at least 4 members (excludes halogenated alkanes) is 19. The molecule has 0 saturated carbocycles. The molecule has 0 amide bonds. The van der Waals surface area contributed by atoms with Crippen LogP contribution in [0.3, 0.4) is 0 Å². The lowest BCUT2D eigenvalue weighted by Crippen LogP contribution is -2.34. The monoisotopic (exact) mass is 705 g/mol. The van der Waals surface area contributed by atoms with Crippen LogP contribution in [0.15, 0.2) is 12.2 Å². The molecule has 0 heterocycles. The number of phosphoric acid groups is 1. The van der Waals surface area contributed by atoms with Crippen molar-refractivity contribution in [1.29, 1.82) is 0 Å². The average molecular weight is 706 g/mol. The minimum atomic E-state index is -4.70. The first kappa shape index (κ1) is 46.2. The van der Waals surface area contributed by atoms with Crippen LogP contribution < -0.4 is 5.73 Å². The number of esters is 2. The highest BCUT2D eigenvalue weighted by molar-refractivity contribution is 7.47. The van der Waals surface area contributed by atoms with Crippen molar-refractivity contribution in [2.24, 2.45) is 5.73 Å². The molecular formula is C36H68NO10P. The number of rotatable bonds is 35. The predicted molar refractivity (Wildman–Crippen MR) is 189 cm³/mol. The van der Waals surface area contributed by atoms with E-state index in [0.717, 1.165) is 57.8 Å². The third-order valence-electron chi connectivity index (χ3n) is 8.01. The normalized spacial score (nSPS) is 14.1. The van der Waals surface area contributed by atoms with Crippen molar-refractivity contribution >= 4 is 25.7 Å². The maximum Gasteiger partial charge on any atom is 0.472 e. The highest BCUT2D eigenvalue weighted by Gasteiger charge is 2.28. The summed E-state index contributed by atoms with van der Waals surface area (Å²) in [6, 6.07) is -1.52. The van der Waals surface area contributed by atoms with Gasteiger partial charge in [0.25, 0.3) is 0 Å². The summed E-state index contributed by atoms with van der Waals surface area (Å²) >= 11 is 0. The Kier molecular flexibility index (Phi) is 31.2. The number of carbonyl (C=O) groups is 3. The lowest BCUT2D eigenvalue weighted by Gasteiger charge is -2.20. The van der Waals surface area contributed by atoms with Gasteiger partial charge in [0.05, 0.1) is 13.2 Å². The third kappa shape index (κ3) is 31.5. The third-order valence-corrected chi connectivity index (χ3v) is 8.96. The molecule has 0 radical (unpaired) electrons. The average Bonchev–Trinajstić information content (AvgIpc) is 3.05. The van der Waals surface area contributed by atoms with E-state index in [1.165, 1.54) is 70.6 Å². The number of allylic oxidation sites excluding steroid dienone is 2. The molecule has 0 saturated heterocycles. The Morgan fingerprint density at radius 2 is 1.04 bits per heavy atom. The molecule has 48 heavy (non-hydrogen) atoms. The van der Waals surface area contributed by atoms with Crippen LogP contribution in [-0.4, -0.2) is 59.9 Å². The molecule has 0 aliphatic heterocycles. The molecule has 0 aliphatic carbocycles. The summed E-state index contributed by atoms with van der Waals surface area (Å²) in [5, 5.41) is 8.84. The second-order valence-corrected chi connectivity index (χ2v) is 14.2. The first-order valence-corrected chi connectivity index (χ1v) is 20.2. The number of aliphatic carboxylic acids is 1. The first-order chi connectivity index (χ1) is 23.1. The van der Waals surface area contributed by atoms with Crippen molar-refractivity contribution in [3.63, 3.8) is 0 Å². The van der Waals surface area contributed by atoms with E-state index in [9.17, 15) is 23.8 Å². The largest absolute Gasteiger partial charge is 0.480 e. The van der Waals surface area contributed by atoms with E-state index in [0.29, 0.717) is 12.8 Å². The van der Waals surface area contributed by atoms with Crippen molar-refractivity contribution in [3.8, 4) is 0 Å². The maximum atomic E-state index is 12.5. The van der Waals surface area contributed by atoms with Crippen LogP contribution in [0.5, 0.6) is 0 Å². The van der Waals surface area contributed by atoms with E-state index < -0.39 is 51.1 Å². The van der Waals surface area contributed by atoms with E-state index >= 15 is 0 Å². The van der Waals surface area contributed by atoms with E-state index in [4.69, 9.17) is 24.8 Å². The zero-order valence-corrected chi connectivity index (χ0v) is 31.0. The molecule has 0 aromatic carbocycles. The molecule has 0 rings (SSSR count). The number of carboxylic acid groups (broad SMARTS) is 1. The predicted octanol–water partition coefficient (Wildman–Crippen LogP) is 8.95. The Bertz CT molecular complexity index is 885.